The number of hydrogen-bond donors (Lipinski definition) is 1. The normalized spacial score (nSPS) is 12.0. The van der Waals surface area contributed by atoms with Crippen molar-refractivity contribution in [2.75, 3.05) is 5.32 Å². The standard InChI is InChI=1S/C19H23NO3S/c1-13(2)16-5-7-17(8-6-16)20-19(22)14(3)23-18(21)9-4-15-10-11-24-12-15/h5-8,10-14H,4,9H2,1-3H3,(H,20,22)/t14-/m0/s1. The van der Waals surface area contributed by atoms with E-state index < -0.39 is 6.10 Å². The van der Waals surface area contributed by atoms with Gasteiger partial charge in [-0.15, -0.1) is 0 Å². The lowest BCUT2D eigenvalue weighted by Gasteiger charge is -2.14. The average Bonchev–Trinajstić information content (AvgIpc) is 3.06. The second-order valence-corrected chi connectivity index (χ2v) is 6.81. The molecule has 2 aromatic rings. The topological polar surface area (TPSA) is 55.4 Å². The molecule has 0 saturated heterocycles. The summed E-state index contributed by atoms with van der Waals surface area (Å²) in [4.78, 5) is 23.9. The molecule has 1 aromatic carbocycles. The van der Waals surface area contributed by atoms with E-state index in [1.54, 1.807) is 18.3 Å². The highest BCUT2D eigenvalue weighted by Crippen LogP contribution is 2.17. The number of thiophene rings is 1. The van der Waals surface area contributed by atoms with Crippen molar-refractivity contribution >= 4 is 28.9 Å². The summed E-state index contributed by atoms with van der Waals surface area (Å²) in [6, 6.07) is 9.67. The van der Waals surface area contributed by atoms with Crippen LogP contribution in [-0.2, 0) is 20.7 Å². The lowest BCUT2D eigenvalue weighted by Crippen LogP contribution is -2.30. The van der Waals surface area contributed by atoms with Crippen LogP contribution in [0.15, 0.2) is 41.1 Å². The maximum atomic E-state index is 12.1. The zero-order chi connectivity index (χ0) is 17.5. The molecule has 0 bridgehead atoms. The van der Waals surface area contributed by atoms with E-state index in [-0.39, 0.29) is 18.3 Å². The van der Waals surface area contributed by atoms with Crippen molar-refractivity contribution in [3.05, 3.63) is 52.2 Å². The summed E-state index contributed by atoms with van der Waals surface area (Å²) in [6.45, 7) is 5.82. The van der Waals surface area contributed by atoms with Crippen LogP contribution in [-0.4, -0.2) is 18.0 Å². The fourth-order valence-corrected chi connectivity index (χ4v) is 2.89. The Bertz CT molecular complexity index is 662. The van der Waals surface area contributed by atoms with Crippen molar-refractivity contribution < 1.29 is 14.3 Å². The number of nitrogens with one attached hydrogen (secondary N) is 1. The van der Waals surface area contributed by atoms with Crippen LogP contribution in [0.4, 0.5) is 5.69 Å². The molecule has 1 atom stereocenters. The third-order valence-corrected chi connectivity index (χ3v) is 4.45. The Morgan fingerprint density at radius 2 is 1.83 bits per heavy atom. The molecule has 2 rings (SSSR count). The van der Waals surface area contributed by atoms with Gasteiger partial charge in [0.1, 0.15) is 0 Å². The highest BCUT2D eigenvalue weighted by atomic mass is 32.1. The summed E-state index contributed by atoms with van der Waals surface area (Å²) in [5.41, 5.74) is 3.02. The van der Waals surface area contributed by atoms with Gasteiger partial charge < -0.3 is 10.1 Å². The first kappa shape index (κ1) is 18.2. The van der Waals surface area contributed by atoms with E-state index in [0.29, 0.717) is 18.0 Å². The van der Waals surface area contributed by atoms with Gasteiger partial charge in [-0.2, -0.15) is 11.3 Å². The Morgan fingerprint density at radius 1 is 1.12 bits per heavy atom. The number of benzene rings is 1. The molecule has 0 aliphatic heterocycles. The molecule has 0 aliphatic carbocycles. The summed E-state index contributed by atoms with van der Waals surface area (Å²) in [5, 5.41) is 6.75. The molecule has 128 valence electrons. The molecule has 4 nitrogen and oxygen atoms in total. The Kier molecular flexibility index (Phi) is 6.55. The number of rotatable bonds is 7. The molecule has 0 spiro atoms. The molecule has 5 heteroatoms. The number of aryl methyl sites for hydroxylation is 1. The first-order valence-electron chi connectivity index (χ1n) is 8.07. The van der Waals surface area contributed by atoms with E-state index in [4.69, 9.17) is 4.74 Å². The van der Waals surface area contributed by atoms with Crippen LogP contribution >= 0.6 is 11.3 Å². The van der Waals surface area contributed by atoms with Gasteiger partial charge in [-0.3, -0.25) is 9.59 Å². The Labute approximate surface area is 146 Å². The Morgan fingerprint density at radius 3 is 2.42 bits per heavy atom. The minimum atomic E-state index is -0.815. The fourth-order valence-electron chi connectivity index (χ4n) is 2.19. The molecule has 0 unspecified atom stereocenters. The smallest absolute Gasteiger partial charge is 0.306 e. The Hall–Kier alpha value is -2.14. The van der Waals surface area contributed by atoms with Gasteiger partial charge in [-0.05, 0) is 59.3 Å². The van der Waals surface area contributed by atoms with Gasteiger partial charge in [0.2, 0.25) is 0 Å². The lowest BCUT2D eigenvalue weighted by molar-refractivity contribution is -0.153. The third-order valence-electron chi connectivity index (χ3n) is 3.72. The van der Waals surface area contributed by atoms with E-state index in [1.807, 2.05) is 41.1 Å². The summed E-state index contributed by atoms with van der Waals surface area (Å²) in [5.74, 6) is -0.243. The van der Waals surface area contributed by atoms with Crippen molar-refractivity contribution in [1.29, 1.82) is 0 Å². The summed E-state index contributed by atoms with van der Waals surface area (Å²) in [6.07, 6.45) is 0.0925. The largest absolute Gasteiger partial charge is 0.453 e. The monoisotopic (exact) mass is 345 g/mol. The first-order chi connectivity index (χ1) is 11.5. The second-order valence-electron chi connectivity index (χ2n) is 6.03. The van der Waals surface area contributed by atoms with Crippen molar-refractivity contribution in [1.82, 2.24) is 0 Å². The van der Waals surface area contributed by atoms with Crippen LogP contribution in [0, 0.1) is 0 Å². The van der Waals surface area contributed by atoms with Crippen LogP contribution in [0.25, 0.3) is 0 Å². The van der Waals surface area contributed by atoms with Crippen molar-refractivity contribution in [2.24, 2.45) is 0 Å². The molecule has 24 heavy (non-hydrogen) atoms. The van der Waals surface area contributed by atoms with Gasteiger partial charge in [-0.25, -0.2) is 0 Å². The quantitative estimate of drug-likeness (QED) is 0.758. The Balaban J connectivity index is 1.79. The van der Waals surface area contributed by atoms with Gasteiger partial charge in [0.25, 0.3) is 5.91 Å². The number of carbonyl (C=O) groups excluding carboxylic acids is 2. The lowest BCUT2D eigenvalue weighted by atomic mass is 10.0. The zero-order valence-corrected chi connectivity index (χ0v) is 15.1. The van der Waals surface area contributed by atoms with Crippen LogP contribution in [0.1, 0.15) is 44.2 Å². The van der Waals surface area contributed by atoms with Crippen LogP contribution in [0.5, 0.6) is 0 Å². The molecule has 1 N–H and O–H groups in total. The predicted octanol–water partition coefficient (Wildman–Crippen LogP) is 4.37. The minimum Gasteiger partial charge on any atom is -0.453 e. The van der Waals surface area contributed by atoms with E-state index in [2.05, 4.69) is 19.2 Å². The number of amides is 1. The minimum absolute atomic E-state index is 0.275. The predicted molar refractivity (Wildman–Crippen MR) is 97.4 cm³/mol. The molecule has 0 saturated carbocycles. The van der Waals surface area contributed by atoms with Gasteiger partial charge >= 0.3 is 5.97 Å². The summed E-state index contributed by atoms with van der Waals surface area (Å²) < 4.78 is 5.20. The second kappa shape index (κ2) is 8.64. The molecular weight excluding hydrogens is 322 g/mol. The summed E-state index contributed by atoms with van der Waals surface area (Å²) >= 11 is 1.60. The maximum absolute atomic E-state index is 12.1. The molecule has 0 aliphatic rings. The van der Waals surface area contributed by atoms with E-state index in [0.717, 1.165) is 5.56 Å². The third kappa shape index (κ3) is 5.49. The van der Waals surface area contributed by atoms with Crippen LogP contribution in [0.2, 0.25) is 0 Å². The maximum Gasteiger partial charge on any atom is 0.306 e. The molecule has 1 heterocycles. The molecule has 0 radical (unpaired) electrons. The number of ether oxygens (including phenoxy) is 1. The molecule has 1 aromatic heterocycles. The number of carbonyl (C=O) groups is 2. The highest BCUT2D eigenvalue weighted by molar-refractivity contribution is 7.07. The number of anilines is 1. The molecule has 0 fully saturated rings. The average molecular weight is 345 g/mol. The molecule has 1 amide bonds. The first-order valence-corrected chi connectivity index (χ1v) is 9.01. The van der Waals surface area contributed by atoms with Crippen LogP contribution < -0.4 is 5.32 Å². The number of hydrogen-bond acceptors (Lipinski definition) is 4. The van der Waals surface area contributed by atoms with E-state index >= 15 is 0 Å². The van der Waals surface area contributed by atoms with Crippen LogP contribution in [0.3, 0.4) is 0 Å². The highest BCUT2D eigenvalue weighted by Gasteiger charge is 2.18. The zero-order valence-electron chi connectivity index (χ0n) is 14.2. The number of esters is 1. The van der Waals surface area contributed by atoms with Crippen molar-refractivity contribution in [3.63, 3.8) is 0 Å². The molecular formula is C19H23NO3S. The van der Waals surface area contributed by atoms with Crippen molar-refractivity contribution in [2.45, 2.75) is 45.6 Å². The van der Waals surface area contributed by atoms with E-state index in [9.17, 15) is 9.59 Å². The fraction of sp³-hybridized carbons (Fsp3) is 0.368. The van der Waals surface area contributed by atoms with Gasteiger partial charge in [0.15, 0.2) is 6.10 Å². The van der Waals surface area contributed by atoms with Gasteiger partial charge in [0, 0.05) is 12.1 Å². The van der Waals surface area contributed by atoms with Gasteiger partial charge in [0.05, 0.1) is 0 Å². The SMILES string of the molecule is CC(C)c1ccc(NC(=O)[C@H](C)OC(=O)CCc2ccsc2)cc1. The van der Waals surface area contributed by atoms with Gasteiger partial charge in [-0.1, -0.05) is 26.0 Å². The summed E-state index contributed by atoms with van der Waals surface area (Å²) in [7, 11) is 0. The van der Waals surface area contributed by atoms with Crippen molar-refractivity contribution in [3.8, 4) is 0 Å². The van der Waals surface area contributed by atoms with E-state index in [1.165, 1.54) is 5.56 Å².